The van der Waals surface area contributed by atoms with Gasteiger partial charge in [-0.2, -0.15) is 4.31 Å². The molecule has 1 aromatic rings. The van der Waals surface area contributed by atoms with E-state index in [4.69, 9.17) is 4.74 Å². The van der Waals surface area contributed by atoms with E-state index in [1.54, 1.807) is 6.92 Å². The molecule has 1 aromatic heterocycles. The number of sulfonamides is 1. The van der Waals surface area contributed by atoms with Gasteiger partial charge in [0.05, 0.1) is 36.4 Å². The Balaban J connectivity index is 1.62. The molecule has 3 rings (SSSR count). The third-order valence-corrected chi connectivity index (χ3v) is 6.03. The van der Waals surface area contributed by atoms with E-state index in [1.807, 2.05) is 0 Å². The highest BCUT2D eigenvalue weighted by atomic mass is 32.2. The summed E-state index contributed by atoms with van der Waals surface area (Å²) in [4.78, 5) is 7.73. The van der Waals surface area contributed by atoms with Gasteiger partial charge in [0, 0.05) is 19.5 Å². The van der Waals surface area contributed by atoms with E-state index in [1.165, 1.54) is 4.31 Å². The third-order valence-electron chi connectivity index (χ3n) is 4.20. The second-order valence-corrected chi connectivity index (χ2v) is 8.01. The summed E-state index contributed by atoms with van der Waals surface area (Å²) >= 11 is 0. The van der Waals surface area contributed by atoms with Crippen molar-refractivity contribution in [3.05, 3.63) is 18.2 Å². The number of hydrogen-bond acceptors (Lipinski definition) is 6. The molecule has 22 heavy (non-hydrogen) atoms. The second-order valence-electron chi connectivity index (χ2n) is 5.75. The number of nitrogens with zero attached hydrogens (tertiary/aromatic N) is 3. The van der Waals surface area contributed by atoms with E-state index < -0.39 is 21.4 Å². The zero-order chi connectivity index (χ0) is 15.8. The Bertz CT molecular complexity index is 639. The van der Waals surface area contributed by atoms with Gasteiger partial charge in [0.15, 0.2) is 5.82 Å². The van der Waals surface area contributed by atoms with Crippen LogP contribution in [-0.4, -0.2) is 59.8 Å². The normalized spacial score (nSPS) is 29.3. The maximum atomic E-state index is 12.8. The fraction of sp³-hybridized carbons (Fsp3) is 0.692. The van der Waals surface area contributed by atoms with Crippen molar-refractivity contribution in [2.45, 2.75) is 31.4 Å². The van der Waals surface area contributed by atoms with Gasteiger partial charge >= 0.3 is 0 Å². The number of anilines is 1. The zero-order valence-electron chi connectivity index (χ0n) is 12.3. The van der Waals surface area contributed by atoms with Crippen LogP contribution in [-0.2, 0) is 14.8 Å². The molecule has 9 heteroatoms. The van der Waals surface area contributed by atoms with Crippen LogP contribution in [0.25, 0.3) is 0 Å². The Kier molecular flexibility index (Phi) is 4.04. The number of hydrogen-bond donors (Lipinski definition) is 1. The molecule has 2 atom stereocenters. The number of aromatic nitrogens is 2. The standard InChI is InChI=1S/C13H19FN4O3S/c1-2-22(19,20)18-4-3-13(9-18)5-11(8-21-13)17-12-15-6-10(14)7-16-12/h6-7,11H,2-5,8-9H2,1H3,(H,15,16,17)/t11-,13+/m0/s1. The van der Waals surface area contributed by atoms with Gasteiger partial charge in [0.1, 0.15) is 0 Å². The number of rotatable bonds is 4. The number of ether oxygens (including phenoxy) is 1. The lowest BCUT2D eigenvalue weighted by Crippen LogP contribution is -2.37. The topological polar surface area (TPSA) is 84.4 Å². The van der Waals surface area contributed by atoms with Crippen molar-refractivity contribution in [3.63, 3.8) is 0 Å². The van der Waals surface area contributed by atoms with Crippen molar-refractivity contribution in [2.24, 2.45) is 0 Å². The molecule has 2 aliphatic rings. The highest BCUT2D eigenvalue weighted by Gasteiger charge is 2.48. The van der Waals surface area contributed by atoms with Gasteiger partial charge in [-0.1, -0.05) is 0 Å². The van der Waals surface area contributed by atoms with Crippen LogP contribution in [0.3, 0.4) is 0 Å². The smallest absolute Gasteiger partial charge is 0.223 e. The summed E-state index contributed by atoms with van der Waals surface area (Å²) in [5.41, 5.74) is -0.431. The van der Waals surface area contributed by atoms with Crippen LogP contribution >= 0.6 is 0 Å². The van der Waals surface area contributed by atoms with Crippen LogP contribution in [0.1, 0.15) is 19.8 Å². The molecule has 3 heterocycles. The predicted molar refractivity (Wildman–Crippen MR) is 78.4 cm³/mol. The first kappa shape index (κ1) is 15.6. The van der Waals surface area contributed by atoms with Crippen molar-refractivity contribution < 1.29 is 17.5 Å². The van der Waals surface area contributed by atoms with Crippen molar-refractivity contribution in [1.29, 1.82) is 0 Å². The maximum absolute atomic E-state index is 12.8. The average Bonchev–Trinajstić information content (AvgIpc) is 3.10. The van der Waals surface area contributed by atoms with E-state index in [0.29, 0.717) is 38.5 Å². The van der Waals surface area contributed by atoms with Crippen molar-refractivity contribution in [2.75, 3.05) is 30.8 Å². The van der Waals surface area contributed by atoms with Gasteiger partial charge in [-0.3, -0.25) is 0 Å². The van der Waals surface area contributed by atoms with E-state index in [-0.39, 0.29) is 11.8 Å². The molecule has 122 valence electrons. The average molecular weight is 330 g/mol. The van der Waals surface area contributed by atoms with Crippen LogP contribution in [0.5, 0.6) is 0 Å². The molecule has 1 spiro atoms. The first-order valence-corrected chi connectivity index (χ1v) is 8.89. The largest absolute Gasteiger partial charge is 0.371 e. The Hall–Kier alpha value is -1.32. The third kappa shape index (κ3) is 3.06. The Morgan fingerprint density at radius 3 is 2.91 bits per heavy atom. The summed E-state index contributed by atoms with van der Waals surface area (Å²) in [5.74, 6) is -0.0299. The molecule has 0 aliphatic carbocycles. The minimum atomic E-state index is -3.18. The van der Waals surface area contributed by atoms with E-state index in [2.05, 4.69) is 15.3 Å². The van der Waals surface area contributed by atoms with Crippen LogP contribution in [0.4, 0.5) is 10.3 Å². The lowest BCUT2D eigenvalue weighted by atomic mass is 9.97. The molecule has 0 unspecified atom stereocenters. The molecule has 0 aromatic carbocycles. The fourth-order valence-corrected chi connectivity index (χ4v) is 4.19. The first-order chi connectivity index (χ1) is 10.4. The molecule has 0 radical (unpaired) electrons. The Morgan fingerprint density at radius 2 is 2.23 bits per heavy atom. The zero-order valence-corrected chi connectivity index (χ0v) is 13.1. The van der Waals surface area contributed by atoms with Crippen LogP contribution in [0.15, 0.2) is 12.4 Å². The Labute approximate surface area is 128 Å². The van der Waals surface area contributed by atoms with Crippen LogP contribution in [0.2, 0.25) is 0 Å². The van der Waals surface area contributed by atoms with Gasteiger partial charge in [0.25, 0.3) is 0 Å². The lowest BCUT2D eigenvalue weighted by Gasteiger charge is -2.23. The minimum absolute atomic E-state index is 0.00487. The Morgan fingerprint density at radius 1 is 1.50 bits per heavy atom. The predicted octanol–water partition coefficient (Wildman–Crippen LogP) is 0.611. The molecule has 0 saturated carbocycles. The molecule has 0 bridgehead atoms. The highest BCUT2D eigenvalue weighted by Crippen LogP contribution is 2.36. The van der Waals surface area contributed by atoms with Gasteiger partial charge < -0.3 is 10.1 Å². The maximum Gasteiger partial charge on any atom is 0.223 e. The number of nitrogens with one attached hydrogen (secondary N) is 1. The van der Waals surface area contributed by atoms with Crippen molar-refractivity contribution in [3.8, 4) is 0 Å². The molecule has 2 fully saturated rings. The van der Waals surface area contributed by atoms with Crippen LogP contribution in [0, 0.1) is 5.82 Å². The lowest BCUT2D eigenvalue weighted by molar-refractivity contribution is 0.0173. The fourth-order valence-electron chi connectivity index (χ4n) is 3.02. The van der Waals surface area contributed by atoms with Crippen molar-refractivity contribution >= 4 is 16.0 Å². The SMILES string of the molecule is CCS(=O)(=O)N1CC[C@@]2(C[C@H](Nc3ncc(F)cn3)CO2)C1. The van der Waals surface area contributed by atoms with Gasteiger partial charge in [-0.15, -0.1) is 0 Å². The van der Waals surface area contributed by atoms with Crippen molar-refractivity contribution in [1.82, 2.24) is 14.3 Å². The summed E-state index contributed by atoms with van der Waals surface area (Å²) in [6.07, 6.45) is 3.58. The highest BCUT2D eigenvalue weighted by molar-refractivity contribution is 7.89. The first-order valence-electron chi connectivity index (χ1n) is 7.28. The van der Waals surface area contributed by atoms with Gasteiger partial charge in [-0.25, -0.2) is 22.8 Å². The number of halogens is 1. The van der Waals surface area contributed by atoms with Gasteiger partial charge in [0.2, 0.25) is 16.0 Å². The van der Waals surface area contributed by atoms with Gasteiger partial charge in [-0.05, 0) is 13.3 Å². The summed E-state index contributed by atoms with van der Waals surface area (Å²) in [7, 11) is -3.18. The molecular weight excluding hydrogens is 311 g/mol. The monoisotopic (exact) mass is 330 g/mol. The minimum Gasteiger partial charge on any atom is -0.371 e. The quantitative estimate of drug-likeness (QED) is 0.871. The summed E-state index contributed by atoms with van der Waals surface area (Å²) in [6.45, 7) is 2.99. The molecule has 1 N–H and O–H groups in total. The summed E-state index contributed by atoms with van der Waals surface area (Å²) in [6, 6.07) is -0.00487. The van der Waals surface area contributed by atoms with E-state index in [0.717, 1.165) is 12.4 Å². The second kappa shape index (κ2) is 5.71. The molecule has 2 saturated heterocycles. The molecule has 7 nitrogen and oxygen atoms in total. The summed E-state index contributed by atoms with van der Waals surface area (Å²) < 4.78 is 44.1. The molecular formula is C13H19FN4O3S. The van der Waals surface area contributed by atoms with E-state index >= 15 is 0 Å². The molecule has 2 aliphatic heterocycles. The van der Waals surface area contributed by atoms with Crippen LogP contribution < -0.4 is 5.32 Å². The summed E-state index contributed by atoms with van der Waals surface area (Å²) in [5, 5.41) is 3.10. The van der Waals surface area contributed by atoms with E-state index in [9.17, 15) is 12.8 Å². The molecule has 0 amide bonds.